The smallest absolute Gasteiger partial charge is 0 e. The monoisotopic (exact) mass is 506 g/mol. The van der Waals surface area contributed by atoms with E-state index >= 15 is 0 Å². The number of nitrogens with one attached hydrogen (secondary N) is 1. The fourth-order valence-electron chi connectivity index (χ4n) is 0.692. The van der Waals surface area contributed by atoms with Crippen molar-refractivity contribution in [2.24, 2.45) is 0 Å². The molecule has 0 fully saturated rings. The molecule has 2 aromatic heterocycles. The normalized spacial score (nSPS) is 8.33. The molecule has 0 aliphatic rings. The Bertz CT molecular complexity index is 257. The van der Waals surface area contributed by atoms with Crippen molar-refractivity contribution in [3.63, 3.8) is 0 Å². The number of aromatic amines is 1. The van der Waals surface area contributed by atoms with Crippen LogP contribution in [0, 0.1) is 12.4 Å². The van der Waals surface area contributed by atoms with E-state index in [-0.39, 0.29) is 40.8 Å². The van der Waals surface area contributed by atoms with Crippen LogP contribution in [0.4, 0.5) is 0 Å². The summed E-state index contributed by atoms with van der Waals surface area (Å²) in [6, 6.07) is 1.72. The fourth-order valence-corrected chi connectivity index (χ4v) is 0.692. The van der Waals surface area contributed by atoms with Crippen molar-refractivity contribution in [2.45, 2.75) is 0 Å². The maximum atomic E-state index is 3.93. The van der Waals surface area contributed by atoms with Crippen LogP contribution in [0.25, 0.3) is 5.69 Å². The number of nitrogens with zero attached hydrogens (tertiary/aromatic N) is 3. The SMILES string of the molecule is [Re].[Re].[c-]1[nH]ncc1-n1[c-]ccn1. The second-order valence-electron chi connectivity index (χ2n) is 1.75. The molecule has 0 amide bonds. The van der Waals surface area contributed by atoms with Crippen LogP contribution in [0.3, 0.4) is 0 Å². The zero-order valence-corrected chi connectivity index (χ0v) is 11.3. The van der Waals surface area contributed by atoms with Crippen LogP contribution >= 0.6 is 0 Å². The van der Waals surface area contributed by atoms with Crippen LogP contribution in [-0.2, 0) is 40.8 Å². The van der Waals surface area contributed by atoms with Crippen LogP contribution < -0.4 is 0 Å². The van der Waals surface area contributed by atoms with Crippen molar-refractivity contribution in [1.82, 2.24) is 20.0 Å². The Morgan fingerprint density at radius 3 is 2.75 bits per heavy atom. The first-order valence-corrected chi connectivity index (χ1v) is 2.80. The molecule has 0 aromatic carbocycles. The quantitative estimate of drug-likeness (QED) is 0.564. The van der Waals surface area contributed by atoms with E-state index in [4.69, 9.17) is 0 Å². The van der Waals surface area contributed by atoms with Gasteiger partial charge in [0.1, 0.15) is 0 Å². The van der Waals surface area contributed by atoms with Crippen molar-refractivity contribution in [3.05, 3.63) is 30.9 Å². The average Bonchev–Trinajstić information content (AvgIpc) is 2.59. The van der Waals surface area contributed by atoms with Crippen LogP contribution in [-0.4, -0.2) is 20.0 Å². The van der Waals surface area contributed by atoms with Gasteiger partial charge in [-0.3, -0.25) is 5.10 Å². The molecule has 2 radical (unpaired) electrons. The van der Waals surface area contributed by atoms with Gasteiger partial charge in [0, 0.05) is 40.8 Å². The Morgan fingerprint density at radius 2 is 2.25 bits per heavy atom. The maximum absolute atomic E-state index is 3.93. The van der Waals surface area contributed by atoms with Gasteiger partial charge < -0.3 is 14.9 Å². The molecule has 0 aliphatic heterocycles. The van der Waals surface area contributed by atoms with Crippen LogP contribution in [0.1, 0.15) is 0 Å². The molecular weight excluding hydrogens is 501 g/mol. The number of hydrogen-bond acceptors (Lipinski definition) is 2. The standard InChI is InChI=1S/C6H4N4.2Re/c1-2-9-10(3-1)6-4-7-8-5-6;;/h1-2,4H,(H,7,8);;/q-2;;. The van der Waals surface area contributed by atoms with Gasteiger partial charge in [-0.15, -0.1) is 12.3 Å². The minimum Gasteiger partial charge on any atom is -0.401 e. The van der Waals surface area contributed by atoms with Crippen LogP contribution in [0.15, 0.2) is 18.5 Å². The van der Waals surface area contributed by atoms with Crippen molar-refractivity contribution in [1.29, 1.82) is 0 Å². The van der Waals surface area contributed by atoms with Gasteiger partial charge in [0.2, 0.25) is 0 Å². The van der Waals surface area contributed by atoms with Gasteiger partial charge in [-0.25, -0.2) is 0 Å². The van der Waals surface area contributed by atoms with Crippen molar-refractivity contribution in [3.8, 4) is 5.69 Å². The first-order valence-electron chi connectivity index (χ1n) is 2.80. The van der Waals surface area contributed by atoms with E-state index in [1.54, 1.807) is 23.1 Å². The largest absolute Gasteiger partial charge is 0.401 e. The Morgan fingerprint density at radius 1 is 1.42 bits per heavy atom. The van der Waals surface area contributed by atoms with E-state index in [9.17, 15) is 0 Å². The molecular formula is C6H4N4Re2-2. The summed E-state index contributed by atoms with van der Waals surface area (Å²) in [6.07, 6.45) is 8.91. The van der Waals surface area contributed by atoms with E-state index in [0.29, 0.717) is 0 Å². The van der Waals surface area contributed by atoms with Gasteiger partial charge in [-0.2, -0.15) is 11.9 Å². The van der Waals surface area contributed by atoms with Gasteiger partial charge in [-0.05, 0) is 0 Å². The molecule has 0 bridgehead atoms. The van der Waals surface area contributed by atoms with Gasteiger partial charge in [0.25, 0.3) is 0 Å². The molecule has 0 saturated heterocycles. The minimum atomic E-state index is 0. The predicted octanol–water partition coefficient (Wildman–Crippen LogP) is 0.191. The molecule has 2 rings (SSSR count). The molecule has 6 heteroatoms. The van der Waals surface area contributed by atoms with Gasteiger partial charge in [0.15, 0.2) is 0 Å². The van der Waals surface area contributed by atoms with E-state index in [1.165, 1.54) is 0 Å². The molecule has 2 aromatic rings. The third-order valence-corrected chi connectivity index (χ3v) is 1.12. The van der Waals surface area contributed by atoms with E-state index in [1.807, 2.05) is 0 Å². The summed E-state index contributed by atoms with van der Waals surface area (Å²) in [5.74, 6) is 0. The molecule has 0 unspecified atom stereocenters. The summed E-state index contributed by atoms with van der Waals surface area (Å²) < 4.78 is 1.56. The summed E-state index contributed by atoms with van der Waals surface area (Å²) in [5, 5.41) is 10.2. The second-order valence-corrected chi connectivity index (χ2v) is 1.75. The molecule has 4 nitrogen and oxygen atoms in total. The summed E-state index contributed by atoms with van der Waals surface area (Å²) in [7, 11) is 0. The molecule has 0 aliphatic carbocycles. The molecule has 64 valence electrons. The van der Waals surface area contributed by atoms with E-state index < -0.39 is 0 Å². The number of rotatable bonds is 1. The zero-order chi connectivity index (χ0) is 6.81. The summed E-state index contributed by atoms with van der Waals surface area (Å²) >= 11 is 0. The number of H-pyrrole nitrogens is 1. The first kappa shape index (κ1) is 11.7. The van der Waals surface area contributed by atoms with Gasteiger partial charge in [-0.1, -0.05) is 12.4 Å². The second kappa shape index (κ2) is 5.40. The van der Waals surface area contributed by atoms with Gasteiger partial charge in [0.05, 0.1) is 0 Å². The van der Waals surface area contributed by atoms with E-state index in [0.717, 1.165) is 5.69 Å². The summed E-state index contributed by atoms with van der Waals surface area (Å²) in [5.41, 5.74) is 0.769. The van der Waals surface area contributed by atoms with Crippen LogP contribution in [0.5, 0.6) is 0 Å². The topological polar surface area (TPSA) is 46.5 Å². The Kier molecular flexibility index (Phi) is 5.29. The van der Waals surface area contributed by atoms with Crippen molar-refractivity contribution < 1.29 is 40.8 Å². The molecule has 1 N–H and O–H groups in total. The molecule has 0 spiro atoms. The minimum absolute atomic E-state index is 0. The summed E-state index contributed by atoms with van der Waals surface area (Å²) in [6.45, 7) is 0. The average molecular weight is 505 g/mol. The molecule has 12 heavy (non-hydrogen) atoms. The number of aromatic nitrogens is 4. The van der Waals surface area contributed by atoms with E-state index in [2.05, 4.69) is 27.7 Å². The third kappa shape index (κ3) is 2.37. The zero-order valence-electron chi connectivity index (χ0n) is 5.83. The maximum Gasteiger partial charge on any atom is 0 e. The Labute approximate surface area is 97.1 Å². The molecule has 2 heterocycles. The van der Waals surface area contributed by atoms with Crippen LogP contribution in [0.2, 0.25) is 0 Å². The Hall–Kier alpha value is -0.255. The Balaban J connectivity index is 0.000000605. The van der Waals surface area contributed by atoms with Crippen molar-refractivity contribution >= 4 is 0 Å². The van der Waals surface area contributed by atoms with Crippen molar-refractivity contribution in [2.75, 3.05) is 0 Å². The third-order valence-electron chi connectivity index (χ3n) is 1.12. The fraction of sp³-hybridized carbons (Fsp3) is 0. The van der Waals surface area contributed by atoms with Gasteiger partial charge >= 0.3 is 0 Å². The molecule has 0 saturated carbocycles. The first-order chi connectivity index (χ1) is 4.97. The molecule has 0 atom stereocenters. The predicted molar refractivity (Wildman–Crippen MR) is 33.4 cm³/mol. The number of hydrogen-bond donors (Lipinski definition) is 1. The summed E-state index contributed by atoms with van der Waals surface area (Å²) in [4.78, 5) is 0.